The highest BCUT2D eigenvalue weighted by molar-refractivity contribution is 5.71. The van der Waals surface area contributed by atoms with E-state index in [0.29, 0.717) is 11.8 Å². The summed E-state index contributed by atoms with van der Waals surface area (Å²) in [6.45, 7) is 7.05. The molecule has 7 nitrogen and oxygen atoms in total. The zero-order valence-electron chi connectivity index (χ0n) is 12.1. The second kappa shape index (κ2) is 6.21. The summed E-state index contributed by atoms with van der Waals surface area (Å²) in [7, 11) is 0. The van der Waals surface area contributed by atoms with Gasteiger partial charge in [-0.05, 0) is 19.8 Å². The Morgan fingerprint density at radius 3 is 2.55 bits per heavy atom. The molecule has 1 aromatic heterocycles. The lowest BCUT2D eigenvalue weighted by Crippen LogP contribution is -2.39. The molecule has 0 unspecified atom stereocenters. The van der Waals surface area contributed by atoms with E-state index in [1.54, 1.807) is 6.92 Å². The molecule has 0 amide bonds. The number of rotatable bonds is 5. The Balaban J connectivity index is 1.86. The summed E-state index contributed by atoms with van der Waals surface area (Å²) in [6, 6.07) is 0.540. The number of piperidine rings is 1. The van der Waals surface area contributed by atoms with Crippen molar-refractivity contribution in [2.45, 2.75) is 51.7 Å². The number of hydrogen-bond donors (Lipinski definition) is 1. The smallest absolute Gasteiger partial charge is 0.332 e. The number of nitrogens with zero attached hydrogens (tertiary/aromatic N) is 3. The molecule has 2 rings (SSSR count). The Morgan fingerprint density at radius 2 is 2.05 bits per heavy atom. The topological polar surface area (TPSA) is 88.7 Å². The molecule has 20 heavy (non-hydrogen) atoms. The molecule has 1 aromatic rings. The molecule has 2 heterocycles. The molecule has 1 N–H and O–H groups in total. The van der Waals surface area contributed by atoms with Crippen molar-refractivity contribution in [2.75, 3.05) is 18.0 Å². The normalized spacial score (nSPS) is 18.5. The molecular formula is C13H21N3O4. The monoisotopic (exact) mass is 283 g/mol. The zero-order chi connectivity index (χ0) is 14.7. The van der Waals surface area contributed by atoms with Gasteiger partial charge < -0.3 is 19.3 Å². The Labute approximate surface area is 117 Å². The van der Waals surface area contributed by atoms with E-state index in [1.165, 1.54) is 0 Å². The van der Waals surface area contributed by atoms with Gasteiger partial charge in [0.05, 0.1) is 6.10 Å². The van der Waals surface area contributed by atoms with E-state index in [-0.39, 0.29) is 12.0 Å². The predicted molar refractivity (Wildman–Crippen MR) is 71.8 cm³/mol. The Hall–Kier alpha value is -1.63. The third-order valence-electron chi connectivity index (χ3n) is 3.40. The molecule has 0 bridgehead atoms. The Morgan fingerprint density at radius 1 is 1.40 bits per heavy atom. The van der Waals surface area contributed by atoms with Crippen LogP contribution in [0.15, 0.2) is 4.52 Å². The van der Waals surface area contributed by atoms with Crippen LogP contribution in [-0.4, -0.2) is 46.5 Å². The van der Waals surface area contributed by atoms with Crippen molar-refractivity contribution < 1.29 is 19.2 Å². The van der Waals surface area contributed by atoms with Crippen molar-refractivity contribution in [1.82, 2.24) is 10.1 Å². The first-order valence-electron chi connectivity index (χ1n) is 6.94. The summed E-state index contributed by atoms with van der Waals surface area (Å²) in [5.41, 5.74) is 0. The van der Waals surface area contributed by atoms with Crippen LogP contribution >= 0.6 is 0 Å². The highest BCUT2D eigenvalue weighted by Crippen LogP contribution is 2.22. The molecule has 0 aliphatic carbocycles. The van der Waals surface area contributed by atoms with Crippen molar-refractivity contribution in [3.8, 4) is 0 Å². The minimum absolute atomic E-state index is 0.0233. The van der Waals surface area contributed by atoms with E-state index >= 15 is 0 Å². The van der Waals surface area contributed by atoms with E-state index in [1.807, 2.05) is 18.7 Å². The summed E-state index contributed by atoms with van der Waals surface area (Å²) < 4.78 is 10.7. The molecule has 0 spiro atoms. The van der Waals surface area contributed by atoms with Crippen molar-refractivity contribution in [2.24, 2.45) is 0 Å². The summed E-state index contributed by atoms with van der Waals surface area (Å²) >= 11 is 0. The fourth-order valence-electron chi connectivity index (χ4n) is 2.12. The van der Waals surface area contributed by atoms with Gasteiger partial charge in [-0.3, -0.25) is 0 Å². The molecule has 1 fully saturated rings. The first-order valence-corrected chi connectivity index (χ1v) is 6.94. The molecule has 1 saturated heterocycles. The average molecular weight is 283 g/mol. The average Bonchev–Trinajstić information content (AvgIpc) is 2.89. The van der Waals surface area contributed by atoms with E-state index in [2.05, 4.69) is 10.1 Å². The first kappa shape index (κ1) is 14.8. The molecule has 7 heteroatoms. The van der Waals surface area contributed by atoms with E-state index in [0.717, 1.165) is 25.9 Å². The predicted octanol–water partition coefficient (Wildman–Crippen LogP) is 1.65. The molecule has 112 valence electrons. The van der Waals surface area contributed by atoms with Crippen LogP contribution in [0, 0.1) is 0 Å². The number of carbonyl (C=O) groups is 1. The first-order chi connectivity index (χ1) is 9.47. The third kappa shape index (κ3) is 3.47. The van der Waals surface area contributed by atoms with Crippen LogP contribution in [0.1, 0.15) is 45.4 Å². The van der Waals surface area contributed by atoms with Gasteiger partial charge in [0.1, 0.15) is 0 Å². The maximum Gasteiger partial charge on any atom is 0.332 e. The highest BCUT2D eigenvalue weighted by Gasteiger charge is 2.26. The van der Waals surface area contributed by atoms with Crippen LogP contribution in [0.2, 0.25) is 0 Å². The maximum absolute atomic E-state index is 10.8. The van der Waals surface area contributed by atoms with Crippen molar-refractivity contribution in [3.63, 3.8) is 0 Å². The number of hydrogen-bond acceptors (Lipinski definition) is 6. The number of carboxylic acid groups (broad SMARTS) is 1. The van der Waals surface area contributed by atoms with Gasteiger partial charge in [0.15, 0.2) is 11.9 Å². The van der Waals surface area contributed by atoms with Gasteiger partial charge in [-0.25, -0.2) is 4.79 Å². The Kier molecular flexibility index (Phi) is 4.59. The molecule has 0 saturated carbocycles. The van der Waals surface area contributed by atoms with Gasteiger partial charge in [-0.1, -0.05) is 19.0 Å². The Bertz CT molecular complexity index is 452. The quantitative estimate of drug-likeness (QED) is 0.878. The van der Waals surface area contributed by atoms with Crippen LogP contribution < -0.4 is 4.90 Å². The van der Waals surface area contributed by atoms with Gasteiger partial charge >= 0.3 is 12.0 Å². The zero-order valence-corrected chi connectivity index (χ0v) is 12.1. The van der Waals surface area contributed by atoms with Crippen LogP contribution in [0.3, 0.4) is 0 Å². The molecule has 1 atom stereocenters. The molecule has 1 aliphatic heterocycles. The summed E-state index contributed by atoms with van der Waals surface area (Å²) in [5.74, 6) is 0.0218. The number of aromatic nitrogens is 2. The third-order valence-corrected chi connectivity index (χ3v) is 3.40. The lowest BCUT2D eigenvalue weighted by atomic mass is 10.1. The number of ether oxygens (including phenoxy) is 1. The number of anilines is 1. The van der Waals surface area contributed by atoms with Crippen LogP contribution in [-0.2, 0) is 9.53 Å². The van der Waals surface area contributed by atoms with Gasteiger partial charge in [-0.15, -0.1) is 0 Å². The van der Waals surface area contributed by atoms with E-state index < -0.39 is 12.1 Å². The molecule has 0 radical (unpaired) electrons. The molecule has 0 aromatic carbocycles. The fraction of sp³-hybridized carbons (Fsp3) is 0.769. The summed E-state index contributed by atoms with van der Waals surface area (Å²) in [4.78, 5) is 17.1. The number of carboxylic acids is 1. The summed E-state index contributed by atoms with van der Waals surface area (Å²) in [5, 5.41) is 12.8. The second-order valence-electron chi connectivity index (χ2n) is 5.39. The maximum atomic E-state index is 10.8. The second-order valence-corrected chi connectivity index (χ2v) is 5.39. The minimum atomic E-state index is -0.925. The van der Waals surface area contributed by atoms with Crippen LogP contribution in [0.5, 0.6) is 0 Å². The van der Waals surface area contributed by atoms with Crippen LogP contribution in [0.4, 0.5) is 6.01 Å². The largest absolute Gasteiger partial charge is 0.479 e. The molecule has 1 aliphatic rings. The van der Waals surface area contributed by atoms with Crippen molar-refractivity contribution in [1.29, 1.82) is 0 Å². The standard InChI is InChI=1S/C13H21N3O4/c1-8(2)11-14-13(20-15-11)16-6-4-10(5-7-16)19-9(3)12(17)18/h8-10H,4-7H2,1-3H3,(H,17,18)/t9-/m1/s1. The fourth-order valence-corrected chi connectivity index (χ4v) is 2.12. The lowest BCUT2D eigenvalue weighted by Gasteiger charge is -2.31. The summed E-state index contributed by atoms with van der Waals surface area (Å²) in [6.07, 6.45) is 0.737. The SMILES string of the molecule is CC(C)c1noc(N2CCC(O[C@H](C)C(=O)O)CC2)n1. The minimum Gasteiger partial charge on any atom is -0.479 e. The van der Waals surface area contributed by atoms with Gasteiger partial charge in [0.2, 0.25) is 0 Å². The van der Waals surface area contributed by atoms with E-state index in [4.69, 9.17) is 14.4 Å². The molecular weight excluding hydrogens is 262 g/mol. The van der Waals surface area contributed by atoms with Gasteiger partial charge in [0, 0.05) is 19.0 Å². The van der Waals surface area contributed by atoms with Gasteiger partial charge in [-0.2, -0.15) is 4.98 Å². The van der Waals surface area contributed by atoms with Crippen LogP contribution in [0.25, 0.3) is 0 Å². The van der Waals surface area contributed by atoms with Crippen molar-refractivity contribution in [3.05, 3.63) is 5.82 Å². The van der Waals surface area contributed by atoms with Gasteiger partial charge in [0.25, 0.3) is 0 Å². The van der Waals surface area contributed by atoms with E-state index in [9.17, 15) is 4.79 Å². The lowest BCUT2D eigenvalue weighted by molar-refractivity contribution is -0.153. The number of aliphatic carboxylic acids is 1. The highest BCUT2D eigenvalue weighted by atomic mass is 16.5. The van der Waals surface area contributed by atoms with Crippen molar-refractivity contribution >= 4 is 12.0 Å².